The molecule has 1 aliphatic carbocycles. The molecule has 0 aliphatic heterocycles. The highest BCUT2D eigenvalue weighted by Crippen LogP contribution is 2.19. The summed E-state index contributed by atoms with van der Waals surface area (Å²) in [6.07, 6.45) is 2.80. The van der Waals surface area contributed by atoms with Crippen molar-refractivity contribution >= 4 is 0 Å². The van der Waals surface area contributed by atoms with E-state index in [0.29, 0.717) is 4.73 Å². The van der Waals surface area contributed by atoms with Crippen LogP contribution in [0.15, 0.2) is 12.1 Å². The van der Waals surface area contributed by atoms with Crippen LogP contribution in [0.1, 0.15) is 17.7 Å². The summed E-state index contributed by atoms with van der Waals surface area (Å²) in [5, 5.41) is 20.2. The molecular weight excluding hydrogens is 142 g/mol. The van der Waals surface area contributed by atoms with Crippen LogP contribution in [0.25, 0.3) is 0 Å². The van der Waals surface area contributed by atoms with E-state index in [0.717, 1.165) is 30.5 Å². The summed E-state index contributed by atoms with van der Waals surface area (Å²) in [5.41, 5.74) is 1.82. The zero-order valence-corrected chi connectivity index (χ0v) is 6.08. The number of pyridine rings is 1. The summed E-state index contributed by atoms with van der Waals surface area (Å²) in [7, 11) is 0. The molecule has 1 N–H and O–H groups in total. The second kappa shape index (κ2) is 2.12. The lowest BCUT2D eigenvalue weighted by Crippen LogP contribution is -2.31. The van der Waals surface area contributed by atoms with E-state index in [9.17, 15) is 5.21 Å². The molecular formula is C8H9NO2. The van der Waals surface area contributed by atoms with Gasteiger partial charge >= 0.3 is 5.88 Å². The maximum atomic E-state index is 11.1. The second-order valence-corrected chi connectivity index (χ2v) is 2.81. The lowest BCUT2D eigenvalue weighted by molar-refractivity contribution is -0.621. The van der Waals surface area contributed by atoms with Crippen LogP contribution in [0.5, 0.6) is 5.88 Å². The third-order valence-electron chi connectivity index (χ3n) is 2.12. The number of fused-ring (bicyclic) bond motifs is 1. The molecule has 0 spiro atoms. The third kappa shape index (κ3) is 0.843. The SMILES string of the molecule is [O-][n+]1c(O)ccc2c1CCC2. The van der Waals surface area contributed by atoms with Crippen molar-refractivity contribution in [1.29, 1.82) is 0 Å². The highest BCUT2D eigenvalue weighted by atomic mass is 16.5. The Morgan fingerprint density at radius 3 is 3.00 bits per heavy atom. The third-order valence-corrected chi connectivity index (χ3v) is 2.12. The lowest BCUT2D eigenvalue weighted by Gasteiger charge is -2.02. The topological polar surface area (TPSA) is 47.2 Å². The van der Waals surface area contributed by atoms with Gasteiger partial charge in [-0.3, -0.25) is 0 Å². The van der Waals surface area contributed by atoms with Gasteiger partial charge in [-0.15, -0.1) is 4.73 Å². The summed E-state index contributed by atoms with van der Waals surface area (Å²) < 4.78 is 0.627. The minimum Gasteiger partial charge on any atom is -0.616 e. The summed E-state index contributed by atoms with van der Waals surface area (Å²) >= 11 is 0. The second-order valence-electron chi connectivity index (χ2n) is 2.81. The van der Waals surface area contributed by atoms with Crippen molar-refractivity contribution in [3.63, 3.8) is 0 Å². The van der Waals surface area contributed by atoms with Crippen LogP contribution >= 0.6 is 0 Å². The Labute approximate surface area is 64.5 Å². The maximum absolute atomic E-state index is 11.1. The zero-order chi connectivity index (χ0) is 7.84. The molecule has 0 atom stereocenters. The van der Waals surface area contributed by atoms with Gasteiger partial charge in [0.1, 0.15) is 0 Å². The Hall–Kier alpha value is -1.25. The number of aromatic nitrogens is 1. The van der Waals surface area contributed by atoms with Gasteiger partial charge in [-0.05, 0) is 18.9 Å². The summed E-state index contributed by atoms with van der Waals surface area (Å²) in [6, 6.07) is 3.28. The molecule has 3 nitrogen and oxygen atoms in total. The molecule has 0 unspecified atom stereocenters. The van der Waals surface area contributed by atoms with E-state index in [1.54, 1.807) is 0 Å². The van der Waals surface area contributed by atoms with E-state index in [1.165, 1.54) is 6.07 Å². The predicted molar refractivity (Wildman–Crippen MR) is 39.1 cm³/mol. The van der Waals surface area contributed by atoms with Crippen molar-refractivity contribution in [3.8, 4) is 5.88 Å². The van der Waals surface area contributed by atoms with Crippen molar-refractivity contribution in [3.05, 3.63) is 28.6 Å². The van der Waals surface area contributed by atoms with Crippen LogP contribution in [-0.2, 0) is 12.8 Å². The standard InChI is InChI=1S/C8H9NO2/c10-8-5-4-6-2-1-3-7(6)9(8)11/h4-5,10H,1-3H2. The summed E-state index contributed by atoms with van der Waals surface area (Å²) in [5.74, 6) is -0.189. The molecule has 1 aromatic heterocycles. The van der Waals surface area contributed by atoms with Crippen molar-refractivity contribution in [2.24, 2.45) is 0 Å². The van der Waals surface area contributed by atoms with Crippen LogP contribution in [0, 0.1) is 5.21 Å². The van der Waals surface area contributed by atoms with Crippen LogP contribution in [0.2, 0.25) is 0 Å². The van der Waals surface area contributed by atoms with E-state index in [-0.39, 0.29) is 5.88 Å². The molecule has 0 bridgehead atoms. The Morgan fingerprint density at radius 2 is 2.18 bits per heavy atom. The van der Waals surface area contributed by atoms with Gasteiger partial charge in [0.2, 0.25) is 0 Å². The monoisotopic (exact) mass is 151 g/mol. The number of hydrogen-bond acceptors (Lipinski definition) is 2. The number of rotatable bonds is 0. The quantitative estimate of drug-likeness (QED) is 0.434. The van der Waals surface area contributed by atoms with Crippen LogP contribution in [0.4, 0.5) is 0 Å². The predicted octanol–water partition coefficient (Wildman–Crippen LogP) is 0.514. The number of aromatic hydroxyl groups is 1. The molecule has 0 saturated heterocycles. The minimum atomic E-state index is -0.189. The number of aryl methyl sites for hydroxylation is 1. The van der Waals surface area contributed by atoms with Gasteiger partial charge < -0.3 is 10.3 Å². The molecule has 0 saturated carbocycles. The van der Waals surface area contributed by atoms with E-state index in [2.05, 4.69) is 0 Å². The van der Waals surface area contributed by atoms with Crippen LogP contribution in [0.3, 0.4) is 0 Å². The van der Waals surface area contributed by atoms with Crippen molar-refractivity contribution in [2.75, 3.05) is 0 Å². The largest absolute Gasteiger partial charge is 0.616 e. The van der Waals surface area contributed by atoms with Gasteiger partial charge in [0, 0.05) is 12.0 Å². The van der Waals surface area contributed by atoms with Gasteiger partial charge in [-0.25, -0.2) is 0 Å². The average Bonchev–Trinajstić information content (AvgIpc) is 2.45. The Bertz CT molecular complexity index is 296. The molecule has 0 amide bonds. The van der Waals surface area contributed by atoms with E-state index in [1.807, 2.05) is 6.07 Å². The average molecular weight is 151 g/mol. The van der Waals surface area contributed by atoms with Crippen molar-refractivity contribution < 1.29 is 9.84 Å². The first kappa shape index (κ1) is 6.46. The molecule has 1 aliphatic rings. The molecule has 0 fully saturated rings. The van der Waals surface area contributed by atoms with Crippen LogP contribution < -0.4 is 4.73 Å². The van der Waals surface area contributed by atoms with Gasteiger partial charge in [0.25, 0.3) is 0 Å². The molecule has 1 aromatic rings. The first-order valence-corrected chi connectivity index (χ1v) is 3.72. The molecule has 11 heavy (non-hydrogen) atoms. The zero-order valence-electron chi connectivity index (χ0n) is 6.08. The summed E-state index contributed by atoms with van der Waals surface area (Å²) in [4.78, 5) is 0. The molecule has 58 valence electrons. The highest BCUT2D eigenvalue weighted by Gasteiger charge is 2.20. The maximum Gasteiger partial charge on any atom is 0.377 e. The van der Waals surface area contributed by atoms with Gasteiger partial charge in [-0.1, -0.05) is 0 Å². The van der Waals surface area contributed by atoms with E-state index < -0.39 is 0 Å². The van der Waals surface area contributed by atoms with Crippen molar-refractivity contribution in [2.45, 2.75) is 19.3 Å². The van der Waals surface area contributed by atoms with Gasteiger partial charge in [0.15, 0.2) is 5.69 Å². The van der Waals surface area contributed by atoms with E-state index >= 15 is 0 Å². The number of nitrogens with zero attached hydrogens (tertiary/aromatic N) is 1. The van der Waals surface area contributed by atoms with E-state index in [4.69, 9.17) is 5.11 Å². The first-order chi connectivity index (χ1) is 5.29. The van der Waals surface area contributed by atoms with Gasteiger partial charge in [-0.2, -0.15) is 0 Å². The fourth-order valence-electron chi connectivity index (χ4n) is 1.54. The smallest absolute Gasteiger partial charge is 0.377 e. The lowest BCUT2D eigenvalue weighted by atomic mass is 10.2. The van der Waals surface area contributed by atoms with Crippen LogP contribution in [-0.4, -0.2) is 5.11 Å². The Balaban J connectivity index is 2.62. The highest BCUT2D eigenvalue weighted by molar-refractivity contribution is 5.23. The molecule has 1 heterocycles. The molecule has 0 aromatic carbocycles. The normalized spacial score (nSPS) is 14.9. The van der Waals surface area contributed by atoms with Crippen molar-refractivity contribution in [1.82, 2.24) is 0 Å². The summed E-state index contributed by atoms with van der Waals surface area (Å²) in [6.45, 7) is 0. The molecule has 0 radical (unpaired) electrons. The molecule has 3 heteroatoms. The van der Waals surface area contributed by atoms with Gasteiger partial charge in [0.05, 0.1) is 6.07 Å². The minimum absolute atomic E-state index is 0.189. The fraction of sp³-hybridized carbons (Fsp3) is 0.375. The number of hydrogen-bond donors (Lipinski definition) is 1. The molecule has 2 rings (SSSR count). The Kier molecular flexibility index (Phi) is 1.24. The first-order valence-electron chi connectivity index (χ1n) is 3.72. The fourth-order valence-corrected chi connectivity index (χ4v) is 1.54. The Morgan fingerprint density at radius 1 is 1.36 bits per heavy atom.